The molecule has 66 heavy (non-hydrogen) atoms. The third-order valence-electron chi connectivity index (χ3n) is 16.8. The molecule has 2 heterocycles. The largest absolute Gasteiger partial charge is 0.367 e. The van der Waals surface area contributed by atoms with Gasteiger partial charge >= 0.3 is 13.7 Å². The van der Waals surface area contributed by atoms with Gasteiger partial charge in [-0.2, -0.15) is 0 Å². The number of aryl methyl sites for hydroxylation is 4. The fourth-order valence-corrected chi connectivity index (χ4v) is 13.7. The molecular weight excluding hydrogens is 798 g/mol. The van der Waals surface area contributed by atoms with Crippen molar-refractivity contribution in [2.24, 2.45) is 20.9 Å². The van der Waals surface area contributed by atoms with E-state index in [2.05, 4.69) is 225 Å². The van der Waals surface area contributed by atoms with Crippen molar-refractivity contribution < 1.29 is 0 Å². The van der Waals surface area contributed by atoms with Crippen molar-refractivity contribution in [3.8, 4) is 0 Å². The van der Waals surface area contributed by atoms with E-state index in [1.54, 1.807) is 0 Å². The van der Waals surface area contributed by atoms with Gasteiger partial charge in [0.05, 0.1) is 0 Å². The molecule has 4 nitrogen and oxygen atoms in total. The van der Waals surface area contributed by atoms with E-state index in [-0.39, 0.29) is 47.5 Å². The Morgan fingerprint density at radius 2 is 0.682 bits per heavy atom. The van der Waals surface area contributed by atoms with Crippen LogP contribution >= 0.6 is 0 Å². The van der Waals surface area contributed by atoms with E-state index in [4.69, 9.17) is 10.1 Å². The van der Waals surface area contributed by atoms with Crippen molar-refractivity contribution in [3.05, 3.63) is 115 Å². The van der Waals surface area contributed by atoms with Crippen molar-refractivity contribution in [1.82, 2.24) is 0 Å². The van der Waals surface area contributed by atoms with E-state index in [9.17, 15) is 0 Å². The van der Waals surface area contributed by atoms with Crippen LogP contribution in [0.2, 0.25) is 0 Å². The molecule has 2 fully saturated rings. The maximum Gasteiger partial charge on any atom is 0.362 e. The van der Waals surface area contributed by atoms with Gasteiger partial charge in [-0.1, -0.05) is 154 Å². The molecule has 6 heteroatoms. The van der Waals surface area contributed by atoms with Gasteiger partial charge in [-0.15, -0.1) is 0 Å². The molecule has 6 rings (SSSR count). The minimum absolute atomic E-state index is 0.0349. The molecule has 0 aromatic heterocycles. The van der Waals surface area contributed by atoms with Crippen LogP contribution in [0.15, 0.2) is 58.6 Å². The van der Waals surface area contributed by atoms with Gasteiger partial charge in [0.2, 0.25) is 0 Å². The summed E-state index contributed by atoms with van der Waals surface area (Å²) < 4.78 is 0. The number of hydrogen-bond donors (Lipinski definition) is 0. The maximum atomic E-state index is 6.14. The van der Waals surface area contributed by atoms with Crippen LogP contribution < -0.4 is 20.7 Å². The molecule has 2 saturated heterocycles. The highest BCUT2D eigenvalue weighted by molar-refractivity contribution is 6.78. The minimum Gasteiger partial charge on any atom is -0.367 e. The van der Waals surface area contributed by atoms with Gasteiger partial charge < -0.3 is 9.80 Å². The summed E-state index contributed by atoms with van der Waals surface area (Å²) in [5.74, 6) is 1.54. The lowest BCUT2D eigenvalue weighted by atomic mass is 9.42. The zero-order valence-electron chi connectivity index (χ0n) is 46.4. The van der Waals surface area contributed by atoms with Crippen LogP contribution in [0.4, 0.5) is 11.4 Å². The number of anilines is 2. The first-order chi connectivity index (χ1) is 30.4. The highest BCUT2D eigenvalue weighted by atomic mass is 15.3. The molecule has 2 unspecified atom stereocenters. The average molecular weight is 889 g/mol. The Balaban J connectivity index is 1.78. The second-order valence-electron chi connectivity index (χ2n) is 25.2. The predicted octanol–water partition coefficient (Wildman–Crippen LogP) is 15.4. The lowest BCUT2D eigenvalue weighted by Crippen LogP contribution is -2.60. The Bertz CT molecular complexity index is 2210. The molecular formula is C60H90B2N4. The Morgan fingerprint density at radius 3 is 0.909 bits per heavy atom. The van der Waals surface area contributed by atoms with Crippen LogP contribution in [0.1, 0.15) is 214 Å². The van der Waals surface area contributed by atoms with Crippen LogP contribution in [-0.4, -0.2) is 36.7 Å². The van der Waals surface area contributed by atoms with Crippen molar-refractivity contribution >= 4 is 36.0 Å². The summed E-state index contributed by atoms with van der Waals surface area (Å²) in [6, 6.07) is 19.0. The second-order valence-corrected chi connectivity index (χ2v) is 25.2. The minimum atomic E-state index is -0.227. The SMILES string of the molecule is Cc1cc(C)c(C)c(B(/N=N/B(c2c(C)c(C)cc(C)c2C)C2N(c3c(C(C)C)cccc3C(C)C)C(C)(C)CC2(C)C)C2N(c3c(C(C)C)cccc3C(C)C)C(C)(C)CC2(C)C)c1C. The maximum absolute atomic E-state index is 6.14. The number of rotatable bonds is 12. The quantitative estimate of drug-likeness (QED) is 0.105. The number of hydrogen-bond acceptors (Lipinski definition) is 4. The van der Waals surface area contributed by atoms with E-state index in [1.807, 2.05) is 0 Å². The van der Waals surface area contributed by atoms with Crippen LogP contribution in [0.25, 0.3) is 0 Å². The first kappa shape index (κ1) is 51.6. The summed E-state index contributed by atoms with van der Waals surface area (Å²) in [7, 11) is 0. The summed E-state index contributed by atoms with van der Waals surface area (Å²) in [4.78, 5) is 5.76. The summed E-state index contributed by atoms with van der Waals surface area (Å²) in [5.41, 5.74) is 21.4. The van der Waals surface area contributed by atoms with Crippen molar-refractivity contribution in [3.63, 3.8) is 0 Å². The first-order valence-corrected chi connectivity index (χ1v) is 25.8. The lowest BCUT2D eigenvalue weighted by molar-refractivity contribution is 0.354. The van der Waals surface area contributed by atoms with Gasteiger partial charge in [-0.3, -0.25) is 10.1 Å². The zero-order chi connectivity index (χ0) is 49.5. The predicted molar refractivity (Wildman–Crippen MR) is 293 cm³/mol. The van der Waals surface area contributed by atoms with Gasteiger partial charge in [-0.25, -0.2) is 0 Å². The van der Waals surface area contributed by atoms with Crippen LogP contribution in [0.5, 0.6) is 0 Å². The summed E-state index contributed by atoms with van der Waals surface area (Å²) >= 11 is 0. The first-order valence-electron chi connectivity index (χ1n) is 25.8. The molecule has 0 bridgehead atoms. The fraction of sp³-hybridized carbons (Fsp3) is 0.600. The van der Waals surface area contributed by atoms with Crippen molar-refractivity contribution in [2.75, 3.05) is 9.80 Å². The molecule has 4 aromatic rings. The Kier molecular flexibility index (Phi) is 14.3. The highest BCUT2D eigenvalue weighted by Crippen LogP contribution is 2.55. The summed E-state index contributed by atoms with van der Waals surface area (Å²) in [6.07, 6.45) is 2.09. The molecule has 2 atom stereocenters. The third-order valence-corrected chi connectivity index (χ3v) is 16.8. The topological polar surface area (TPSA) is 31.2 Å². The number of para-hydroxylation sites is 2. The molecule has 4 aromatic carbocycles. The van der Waals surface area contributed by atoms with Gasteiger partial charge in [0, 0.05) is 34.3 Å². The van der Waals surface area contributed by atoms with Crippen LogP contribution in [-0.2, 0) is 0 Å². The summed E-state index contributed by atoms with van der Waals surface area (Å²) in [5, 5.41) is 12.3. The highest BCUT2D eigenvalue weighted by Gasteiger charge is 2.60. The van der Waals surface area contributed by atoms with E-state index in [0.717, 1.165) is 12.8 Å². The molecule has 0 amide bonds. The van der Waals surface area contributed by atoms with Crippen molar-refractivity contribution in [2.45, 2.75) is 226 Å². The van der Waals surface area contributed by atoms with Gasteiger partial charge in [0.25, 0.3) is 0 Å². The van der Waals surface area contributed by atoms with Crippen LogP contribution in [0, 0.1) is 66.2 Å². The molecule has 0 N–H and O–H groups in total. The van der Waals surface area contributed by atoms with E-state index >= 15 is 0 Å². The van der Waals surface area contributed by atoms with Gasteiger partial charge in [-0.05, 0) is 186 Å². The molecule has 0 aliphatic carbocycles. The molecule has 0 radical (unpaired) electrons. The average Bonchev–Trinajstić information content (AvgIpc) is 3.52. The van der Waals surface area contributed by atoms with E-state index < -0.39 is 0 Å². The molecule has 2 aliphatic rings. The second kappa shape index (κ2) is 18.3. The Hall–Kier alpha value is -3.79. The Labute approximate surface area is 405 Å². The molecule has 2 aliphatic heterocycles. The molecule has 0 spiro atoms. The van der Waals surface area contributed by atoms with Gasteiger partial charge in [0.15, 0.2) is 0 Å². The smallest absolute Gasteiger partial charge is 0.362 e. The van der Waals surface area contributed by atoms with Crippen LogP contribution in [0.3, 0.4) is 0 Å². The molecule has 0 saturated carbocycles. The van der Waals surface area contributed by atoms with Gasteiger partial charge in [0.1, 0.15) is 0 Å². The lowest BCUT2D eigenvalue weighted by Gasteiger charge is -2.45. The number of benzene rings is 4. The standard InChI is InChI=1S/C60H90B2N4/c1-35(2)47-27-25-28-48(36(3)4)53(47)65-55(57(17,18)33-59(65,21)22)61(51-43(13)39(9)31-40(10)44(51)14)63-64-62(52-45(15)41(11)32-42(12)46(52)16)56-58(19,20)34-60(23,24)66(56)54-49(37(5)6)29-26-30-50(54)38(7)8/h25-32,35-38,55-56H,33-34H2,1-24H3/b64-63+. The van der Waals surface area contributed by atoms with Crippen molar-refractivity contribution in [1.29, 1.82) is 0 Å². The monoisotopic (exact) mass is 889 g/mol. The van der Waals surface area contributed by atoms with E-state index in [1.165, 1.54) is 89.1 Å². The third kappa shape index (κ3) is 8.99. The summed E-state index contributed by atoms with van der Waals surface area (Å²) in [6.45, 7) is 57.3. The Morgan fingerprint density at radius 1 is 0.439 bits per heavy atom. The zero-order valence-corrected chi connectivity index (χ0v) is 46.4. The number of nitrogens with zero attached hydrogens (tertiary/aromatic N) is 4. The fourth-order valence-electron chi connectivity index (χ4n) is 13.7. The molecule has 356 valence electrons. The van der Waals surface area contributed by atoms with E-state index in [0.29, 0.717) is 23.7 Å². The normalized spacial score (nSPS) is 20.0.